The second-order valence-electron chi connectivity index (χ2n) is 3.55. The quantitative estimate of drug-likeness (QED) is 0.484. The van der Waals surface area contributed by atoms with Gasteiger partial charge in [-0.15, -0.1) is 0 Å². The smallest absolute Gasteiger partial charge is 0.320 e. The highest BCUT2D eigenvalue weighted by Crippen LogP contribution is 2.06. The van der Waals surface area contributed by atoms with Gasteiger partial charge in [0.15, 0.2) is 0 Å². The van der Waals surface area contributed by atoms with E-state index in [4.69, 9.17) is 14.8 Å². The van der Waals surface area contributed by atoms with Crippen molar-refractivity contribution in [3.05, 3.63) is 0 Å². The van der Waals surface area contributed by atoms with E-state index in [0.717, 1.165) is 0 Å². The third kappa shape index (κ3) is 7.66. The number of nitrogens with zero attached hydrogens (tertiary/aromatic N) is 1. The van der Waals surface area contributed by atoms with Crippen molar-refractivity contribution >= 4 is 22.1 Å². The molecule has 0 saturated carbocycles. The van der Waals surface area contributed by atoms with Crippen molar-refractivity contribution in [3.63, 3.8) is 0 Å². The monoisotopic (exact) mass is 269 g/mol. The van der Waals surface area contributed by atoms with E-state index in [0.29, 0.717) is 0 Å². The van der Waals surface area contributed by atoms with Crippen LogP contribution in [0.1, 0.15) is 12.8 Å². The summed E-state index contributed by atoms with van der Waals surface area (Å²) in [5.41, 5.74) is 0. The zero-order chi connectivity index (χ0) is 13.6. The predicted octanol–water partition coefficient (Wildman–Crippen LogP) is -0.876. The van der Waals surface area contributed by atoms with Crippen molar-refractivity contribution < 1.29 is 32.8 Å². The molecule has 0 spiro atoms. The maximum Gasteiger partial charge on any atom is 0.320 e. The maximum absolute atomic E-state index is 10.8. The molecule has 0 unspecified atom stereocenters. The topological polar surface area (TPSA) is 132 Å². The summed E-state index contributed by atoms with van der Waals surface area (Å²) in [5, 5.41) is 17.3. The molecule has 8 nitrogen and oxygen atoms in total. The molecule has 0 saturated heterocycles. The number of aliphatic carboxylic acids is 2. The Balaban J connectivity index is 4.39. The zero-order valence-electron chi connectivity index (χ0n) is 9.24. The fraction of sp³-hybridized carbons (Fsp3) is 0.750. The Morgan fingerprint density at radius 2 is 1.82 bits per heavy atom. The minimum Gasteiger partial charge on any atom is -0.481 e. The molecule has 0 heterocycles. The van der Waals surface area contributed by atoms with Crippen molar-refractivity contribution in [2.45, 2.75) is 18.9 Å². The normalized spacial score (nSPS) is 13.6. The average molecular weight is 269 g/mol. The van der Waals surface area contributed by atoms with Gasteiger partial charge in [-0.1, -0.05) is 0 Å². The van der Waals surface area contributed by atoms with Crippen LogP contribution >= 0.6 is 0 Å². The first-order valence-corrected chi connectivity index (χ1v) is 6.34. The molecule has 0 aromatic carbocycles. The van der Waals surface area contributed by atoms with Gasteiger partial charge < -0.3 is 10.2 Å². The molecular weight excluding hydrogens is 254 g/mol. The third-order valence-corrected chi connectivity index (χ3v) is 2.85. The lowest BCUT2D eigenvalue weighted by atomic mass is 10.1. The summed E-state index contributed by atoms with van der Waals surface area (Å²) in [5.74, 6) is -2.95. The average Bonchev–Trinajstić information content (AvgIpc) is 2.12. The number of likely N-dealkylation sites (N-methyl/N-ethyl adjacent to an activating group) is 1. The second-order valence-corrected chi connectivity index (χ2v) is 5.13. The number of hydrogen-bond donors (Lipinski definition) is 3. The first kappa shape index (κ1) is 15.8. The van der Waals surface area contributed by atoms with Crippen molar-refractivity contribution in [1.82, 2.24) is 4.90 Å². The van der Waals surface area contributed by atoms with Crippen LogP contribution in [-0.4, -0.2) is 65.4 Å². The molecule has 0 fully saturated rings. The second kappa shape index (κ2) is 6.52. The summed E-state index contributed by atoms with van der Waals surface area (Å²) in [6, 6.07) is -1.09. The summed E-state index contributed by atoms with van der Waals surface area (Å²) in [6.07, 6.45) is -0.459. The van der Waals surface area contributed by atoms with Gasteiger partial charge in [0.2, 0.25) is 0 Å². The van der Waals surface area contributed by atoms with Gasteiger partial charge in [-0.25, -0.2) is 0 Å². The molecule has 0 radical (unpaired) electrons. The van der Waals surface area contributed by atoms with Crippen LogP contribution in [0.25, 0.3) is 0 Å². The first-order chi connectivity index (χ1) is 7.63. The van der Waals surface area contributed by atoms with Gasteiger partial charge in [0, 0.05) is 13.0 Å². The van der Waals surface area contributed by atoms with Gasteiger partial charge in [-0.3, -0.25) is 19.0 Å². The van der Waals surface area contributed by atoms with Crippen LogP contribution in [0.5, 0.6) is 0 Å². The molecular formula is C8H15NO7S. The Morgan fingerprint density at radius 1 is 1.29 bits per heavy atom. The summed E-state index contributed by atoms with van der Waals surface area (Å²) in [6.45, 7) is -0.185. The van der Waals surface area contributed by atoms with E-state index < -0.39 is 33.9 Å². The molecule has 9 heteroatoms. The lowest BCUT2D eigenvalue weighted by molar-refractivity contribution is -0.143. The van der Waals surface area contributed by atoms with E-state index in [1.807, 2.05) is 0 Å². The highest BCUT2D eigenvalue weighted by molar-refractivity contribution is 7.85. The van der Waals surface area contributed by atoms with Crippen LogP contribution in [-0.2, 0) is 19.7 Å². The Labute approximate surface area is 98.6 Å². The Hall–Kier alpha value is -1.19. The van der Waals surface area contributed by atoms with E-state index in [9.17, 15) is 18.0 Å². The van der Waals surface area contributed by atoms with E-state index in [1.165, 1.54) is 11.9 Å². The van der Waals surface area contributed by atoms with Gasteiger partial charge in [0.05, 0.1) is 5.75 Å². The van der Waals surface area contributed by atoms with Crippen LogP contribution in [0.15, 0.2) is 0 Å². The first-order valence-electron chi connectivity index (χ1n) is 4.73. The van der Waals surface area contributed by atoms with Crippen LogP contribution in [0.2, 0.25) is 0 Å². The van der Waals surface area contributed by atoms with E-state index in [2.05, 4.69) is 0 Å². The van der Waals surface area contributed by atoms with Crippen LogP contribution < -0.4 is 0 Å². The van der Waals surface area contributed by atoms with E-state index in [1.54, 1.807) is 0 Å². The van der Waals surface area contributed by atoms with Crippen LogP contribution in [0, 0.1) is 0 Å². The lowest BCUT2D eigenvalue weighted by Crippen LogP contribution is -2.41. The van der Waals surface area contributed by atoms with Crippen molar-refractivity contribution in [2.24, 2.45) is 0 Å². The van der Waals surface area contributed by atoms with Crippen LogP contribution in [0.4, 0.5) is 0 Å². The van der Waals surface area contributed by atoms with Crippen molar-refractivity contribution in [1.29, 1.82) is 0 Å². The molecule has 100 valence electrons. The molecule has 3 N–H and O–H groups in total. The molecule has 0 aliphatic rings. The van der Waals surface area contributed by atoms with Crippen molar-refractivity contribution in [3.8, 4) is 0 Å². The van der Waals surface area contributed by atoms with Gasteiger partial charge in [0.25, 0.3) is 10.1 Å². The molecule has 1 atom stereocenters. The number of carboxylic acid groups (broad SMARTS) is 2. The summed E-state index contributed by atoms with van der Waals surface area (Å²) >= 11 is 0. The molecule has 0 amide bonds. The number of carboxylic acids is 2. The minimum absolute atomic E-state index is 0.132. The summed E-state index contributed by atoms with van der Waals surface area (Å²) in [7, 11) is -2.81. The van der Waals surface area contributed by atoms with E-state index in [-0.39, 0.29) is 19.4 Å². The Kier molecular flexibility index (Phi) is 6.07. The molecule has 0 bridgehead atoms. The SMILES string of the molecule is CN(CCS(=O)(=O)O)[C@@H](CCC(=O)O)C(=O)O. The van der Waals surface area contributed by atoms with Gasteiger partial charge >= 0.3 is 11.9 Å². The highest BCUT2D eigenvalue weighted by Gasteiger charge is 2.24. The van der Waals surface area contributed by atoms with Gasteiger partial charge in [-0.05, 0) is 13.5 Å². The summed E-state index contributed by atoms with van der Waals surface area (Å²) in [4.78, 5) is 22.3. The third-order valence-electron chi connectivity index (χ3n) is 2.15. The van der Waals surface area contributed by atoms with Crippen LogP contribution in [0.3, 0.4) is 0 Å². The predicted molar refractivity (Wildman–Crippen MR) is 57.3 cm³/mol. The molecule has 17 heavy (non-hydrogen) atoms. The Morgan fingerprint density at radius 3 is 2.18 bits per heavy atom. The molecule has 0 aliphatic heterocycles. The summed E-state index contributed by atoms with van der Waals surface area (Å²) < 4.78 is 29.5. The fourth-order valence-electron chi connectivity index (χ4n) is 1.21. The molecule has 0 rings (SSSR count). The lowest BCUT2D eigenvalue weighted by Gasteiger charge is -2.23. The zero-order valence-corrected chi connectivity index (χ0v) is 10.1. The largest absolute Gasteiger partial charge is 0.481 e. The number of hydrogen-bond acceptors (Lipinski definition) is 5. The fourth-order valence-corrected chi connectivity index (χ4v) is 1.73. The standard InChI is InChI=1S/C8H15NO7S/c1-9(4-5-17(14,15)16)6(8(12)13)2-3-7(10)11/h6H,2-5H2,1H3,(H,10,11)(H,12,13)(H,14,15,16)/t6-/m0/s1. The van der Waals surface area contributed by atoms with Crippen molar-refractivity contribution in [2.75, 3.05) is 19.3 Å². The Bertz CT molecular complexity index is 377. The number of carbonyl (C=O) groups is 2. The molecule has 0 aromatic rings. The molecule has 0 aromatic heterocycles. The van der Waals surface area contributed by atoms with Gasteiger partial charge in [0.1, 0.15) is 6.04 Å². The van der Waals surface area contributed by atoms with E-state index >= 15 is 0 Å². The molecule has 0 aliphatic carbocycles. The number of rotatable bonds is 8. The minimum atomic E-state index is -4.16. The maximum atomic E-state index is 10.8. The highest BCUT2D eigenvalue weighted by atomic mass is 32.2. The van der Waals surface area contributed by atoms with Gasteiger partial charge in [-0.2, -0.15) is 8.42 Å².